The van der Waals surface area contributed by atoms with Crippen molar-refractivity contribution >= 4 is 11.0 Å². The molecule has 0 saturated heterocycles. The summed E-state index contributed by atoms with van der Waals surface area (Å²) >= 11 is 0. The number of aromatic hydroxyl groups is 1. The third-order valence-electron chi connectivity index (χ3n) is 14.4. The van der Waals surface area contributed by atoms with E-state index in [-0.39, 0.29) is 53.9 Å². The van der Waals surface area contributed by atoms with Crippen molar-refractivity contribution < 1.29 is 26.2 Å². The first-order valence-corrected chi connectivity index (χ1v) is 25.2. The maximum absolute atomic E-state index is 12.6. The number of rotatable bonds is 8. The quantitative estimate of drug-likeness (QED) is 0.154. The zero-order valence-corrected chi connectivity index (χ0v) is 47.0. The summed E-state index contributed by atoms with van der Waals surface area (Å²) in [7, 11) is 0. The number of aromatic nitrogens is 3. The summed E-state index contributed by atoms with van der Waals surface area (Å²) in [6.07, 6.45) is 1.91. The van der Waals surface area contributed by atoms with Gasteiger partial charge in [-0.1, -0.05) is 223 Å². The van der Waals surface area contributed by atoms with Crippen LogP contribution in [0.1, 0.15) is 130 Å². The van der Waals surface area contributed by atoms with Crippen LogP contribution in [0.4, 0.5) is 0 Å². The van der Waals surface area contributed by atoms with Crippen molar-refractivity contribution in [3.8, 4) is 67.5 Å². The molecule has 7 aromatic carbocycles. The van der Waals surface area contributed by atoms with E-state index in [0.717, 1.165) is 72.5 Å². The molecule has 1 N–H and O–H groups in total. The minimum Gasteiger partial charge on any atom is -0.507 e. The number of phenolic OH excluding ortho intramolecular Hbond substituents is 1. The molecule has 4 nitrogen and oxygen atoms in total. The Morgan fingerprint density at radius 2 is 1.01 bits per heavy atom. The van der Waals surface area contributed by atoms with Crippen molar-refractivity contribution in [2.24, 2.45) is 0 Å². The van der Waals surface area contributed by atoms with Gasteiger partial charge in [0.25, 0.3) is 0 Å². The molecule has 2 heterocycles. The van der Waals surface area contributed by atoms with Crippen LogP contribution in [0.15, 0.2) is 164 Å². The number of phenols is 1. The Labute approximate surface area is 443 Å². The zero-order valence-electron chi connectivity index (χ0n) is 44.7. The van der Waals surface area contributed by atoms with Gasteiger partial charge in [-0.2, -0.15) is 0 Å². The van der Waals surface area contributed by atoms with Gasteiger partial charge in [0.15, 0.2) is 0 Å². The molecule has 0 aliphatic heterocycles. The Morgan fingerprint density at radius 3 is 1.64 bits per heavy atom. The largest absolute Gasteiger partial charge is 0.507 e. The van der Waals surface area contributed by atoms with E-state index in [1.165, 1.54) is 22.3 Å². The summed E-state index contributed by atoms with van der Waals surface area (Å²) in [6.45, 7) is 31.3. The Hall–Kier alpha value is -6.35. The molecule has 370 valence electrons. The molecule has 0 bridgehead atoms. The van der Waals surface area contributed by atoms with Gasteiger partial charge in [-0.05, 0) is 90.9 Å². The van der Waals surface area contributed by atoms with Crippen LogP contribution in [-0.4, -0.2) is 19.6 Å². The van der Waals surface area contributed by atoms with Crippen molar-refractivity contribution in [1.29, 1.82) is 0 Å². The fourth-order valence-electron chi connectivity index (χ4n) is 9.74. The SMILES string of the molecule is CC(C)(C)c1cc(-c2cc(-c3ccc(C(C)(C)c4ccccc4)cc3)ccn2)[c-]c(-c2cccc3c2nc(-c2cc(C(C)(C)C)cc(C(C)(C)C)c2O)n3-c2ccc(C(C)(C)C)cc2-c2ccccc2)c1.[Pt]. The maximum atomic E-state index is 12.6. The van der Waals surface area contributed by atoms with Crippen LogP contribution in [0.3, 0.4) is 0 Å². The van der Waals surface area contributed by atoms with Gasteiger partial charge in [0, 0.05) is 49.5 Å². The Bertz CT molecular complexity index is 3410. The Balaban J connectivity index is 0.00000693. The van der Waals surface area contributed by atoms with E-state index < -0.39 is 0 Å². The number of para-hydroxylation sites is 1. The van der Waals surface area contributed by atoms with Gasteiger partial charge in [0.2, 0.25) is 0 Å². The molecule has 9 aromatic rings. The summed E-state index contributed by atoms with van der Waals surface area (Å²) in [5, 5.41) is 12.6. The molecule has 0 radical (unpaired) electrons. The van der Waals surface area contributed by atoms with Gasteiger partial charge in [0.05, 0.1) is 22.3 Å². The molecule has 0 aliphatic carbocycles. The number of imidazole rings is 1. The molecule has 9 rings (SSSR count). The van der Waals surface area contributed by atoms with Gasteiger partial charge >= 0.3 is 0 Å². The maximum Gasteiger partial charge on any atom is 0.148 e. The number of pyridine rings is 1. The summed E-state index contributed by atoms with van der Waals surface area (Å²) in [6, 6.07) is 60.7. The summed E-state index contributed by atoms with van der Waals surface area (Å²) in [4.78, 5) is 10.7. The summed E-state index contributed by atoms with van der Waals surface area (Å²) in [5.74, 6) is 0.933. The van der Waals surface area contributed by atoms with Crippen molar-refractivity contribution in [2.75, 3.05) is 0 Å². The minimum absolute atomic E-state index is 0. The molecular formula is C67H70N3OPt-. The van der Waals surface area contributed by atoms with Crippen LogP contribution in [0, 0.1) is 6.07 Å². The molecule has 0 spiro atoms. The van der Waals surface area contributed by atoms with Crippen LogP contribution >= 0.6 is 0 Å². The van der Waals surface area contributed by atoms with Crippen LogP contribution in [0.25, 0.3) is 72.7 Å². The monoisotopic (exact) mass is 1130 g/mol. The molecule has 5 heteroatoms. The Morgan fingerprint density at radius 1 is 0.444 bits per heavy atom. The second-order valence-corrected chi connectivity index (χ2v) is 24.2. The molecule has 0 amide bonds. The van der Waals surface area contributed by atoms with E-state index >= 15 is 0 Å². The van der Waals surface area contributed by atoms with Crippen LogP contribution in [0.2, 0.25) is 0 Å². The topological polar surface area (TPSA) is 50.9 Å². The molecule has 0 fully saturated rings. The van der Waals surface area contributed by atoms with Crippen molar-refractivity contribution in [1.82, 2.24) is 14.5 Å². The predicted molar refractivity (Wildman–Crippen MR) is 300 cm³/mol. The van der Waals surface area contributed by atoms with Gasteiger partial charge < -0.3 is 5.11 Å². The normalized spacial score (nSPS) is 12.5. The van der Waals surface area contributed by atoms with Gasteiger partial charge in [-0.25, -0.2) is 4.98 Å². The van der Waals surface area contributed by atoms with Gasteiger partial charge in [-0.3, -0.25) is 9.55 Å². The predicted octanol–water partition coefficient (Wildman–Crippen LogP) is 17.8. The molecule has 0 atom stereocenters. The molecule has 72 heavy (non-hydrogen) atoms. The first kappa shape index (κ1) is 52.0. The third-order valence-corrected chi connectivity index (χ3v) is 14.4. The summed E-state index contributed by atoms with van der Waals surface area (Å²) < 4.78 is 2.29. The third kappa shape index (κ3) is 10.2. The first-order chi connectivity index (χ1) is 33.4. The molecule has 0 aliphatic rings. The van der Waals surface area contributed by atoms with E-state index in [1.807, 2.05) is 6.20 Å². The van der Waals surface area contributed by atoms with Crippen LogP contribution < -0.4 is 0 Å². The molecule has 2 aromatic heterocycles. The number of hydrogen-bond donors (Lipinski definition) is 1. The number of fused-ring (bicyclic) bond motifs is 1. The minimum atomic E-state index is -0.335. The molecular weight excluding hydrogens is 1060 g/mol. The van der Waals surface area contributed by atoms with E-state index in [2.05, 4.69) is 265 Å². The van der Waals surface area contributed by atoms with Gasteiger partial charge in [-0.15, -0.1) is 29.3 Å². The van der Waals surface area contributed by atoms with Crippen molar-refractivity contribution in [2.45, 2.75) is 124 Å². The average Bonchev–Trinajstić information content (AvgIpc) is 3.72. The zero-order chi connectivity index (χ0) is 50.8. The second-order valence-electron chi connectivity index (χ2n) is 24.2. The molecule has 0 unspecified atom stereocenters. The van der Waals surface area contributed by atoms with Crippen molar-refractivity contribution in [3.63, 3.8) is 0 Å². The average molecular weight is 1130 g/mol. The van der Waals surface area contributed by atoms with E-state index in [4.69, 9.17) is 9.97 Å². The number of hydrogen-bond acceptors (Lipinski definition) is 3. The Kier molecular flexibility index (Phi) is 13.9. The van der Waals surface area contributed by atoms with Crippen molar-refractivity contribution in [3.05, 3.63) is 203 Å². The van der Waals surface area contributed by atoms with Crippen LogP contribution in [-0.2, 0) is 48.1 Å². The number of nitrogens with zero attached hydrogens (tertiary/aromatic N) is 3. The number of benzene rings is 7. The fraction of sp³-hybridized carbons (Fsp3) is 0.284. The smallest absolute Gasteiger partial charge is 0.148 e. The molecule has 0 saturated carbocycles. The second kappa shape index (κ2) is 19.2. The van der Waals surface area contributed by atoms with E-state index in [9.17, 15) is 5.11 Å². The van der Waals surface area contributed by atoms with Crippen LogP contribution in [0.5, 0.6) is 5.75 Å². The standard InChI is InChI=1S/C67H70N3O.Pt/c1-63(2,3)50-32-33-58(54(40-50)44-22-17-15-18-23-44)70-59-27-21-26-53(60(59)69-62(70)55-41-52(65(7,8)9)42-56(61(55)71)66(10,11)12)46-36-47(38-51(37-46)64(4,5)6)57-39-45(34-35-68-57)43-28-30-49(31-29-43)67(13,14)48-24-19-16-20-25-48;/h15-35,37-42,71H,1-14H3;/q-1;. The van der Waals surface area contributed by atoms with Gasteiger partial charge in [0.1, 0.15) is 11.6 Å². The summed E-state index contributed by atoms with van der Waals surface area (Å²) in [5.41, 5.74) is 17.6. The fourth-order valence-corrected chi connectivity index (χ4v) is 9.74. The first-order valence-electron chi connectivity index (χ1n) is 25.2. The van der Waals surface area contributed by atoms with E-state index in [1.54, 1.807) is 0 Å². The van der Waals surface area contributed by atoms with E-state index in [0.29, 0.717) is 11.4 Å².